The summed E-state index contributed by atoms with van der Waals surface area (Å²) in [5.74, 6) is 0. The number of imidazole rings is 1. The number of hydrogen-bond acceptors (Lipinski definition) is 4. The lowest BCUT2D eigenvalue weighted by molar-refractivity contribution is -0.671. The summed E-state index contributed by atoms with van der Waals surface area (Å²) in [5, 5.41) is 4.12. The molecule has 0 spiro atoms. The number of fused-ring (bicyclic) bond motifs is 1. The SMILES string of the molecule is CNCc1ccc2cccc(NS(=O)(=O)c3c[n+](C)cn3C)c2n1. The van der Waals surface area contributed by atoms with Crippen LogP contribution in [0.3, 0.4) is 0 Å². The summed E-state index contributed by atoms with van der Waals surface area (Å²) >= 11 is 0. The average molecular weight is 346 g/mol. The number of para-hydroxylation sites is 1. The van der Waals surface area contributed by atoms with Crippen LogP contribution in [0, 0.1) is 0 Å². The van der Waals surface area contributed by atoms with Crippen LogP contribution in [0.5, 0.6) is 0 Å². The number of nitrogens with zero attached hydrogens (tertiary/aromatic N) is 3. The van der Waals surface area contributed by atoms with Crippen LogP contribution in [0.4, 0.5) is 5.69 Å². The molecule has 24 heavy (non-hydrogen) atoms. The first-order valence-corrected chi connectivity index (χ1v) is 8.97. The zero-order valence-corrected chi connectivity index (χ0v) is 14.6. The Morgan fingerprint density at radius 3 is 2.71 bits per heavy atom. The molecule has 126 valence electrons. The first-order chi connectivity index (χ1) is 11.4. The second kappa shape index (κ2) is 6.21. The van der Waals surface area contributed by atoms with E-state index in [4.69, 9.17) is 0 Å². The van der Waals surface area contributed by atoms with Gasteiger partial charge in [-0.2, -0.15) is 8.42 Å². The van der Waals surface area contributed by atoms with Gasteiger partial charge in [-0.15, -0.1) is 0 Å². The predicted octanol–water partition coefficient (Wildman–Crippen LogP) is 0.918. The maximum Gasteiger partial charge on any atom is 0.303 e. The molecule has 1 aromatic carbocycles. The van der Waals surface area contributed by atoms with Crippen molar-refractivity contribution in [3.8, 4) is 0 Å². The van der Waals surface area contributed by atoms with Crippen LogP contribution in [-0.4, -0.2) is 25.0 Å². The monoisotopic (exact) mass is 346 g/mol. The molecule has 0 saturated carbocycles. The fourth-order valence-electron chi connectivity index (χ4n) is 2.63. The van der Waals surface area contributed by atoms with E-state index in [2.05, 4.69) is 15.0 Å². The number of rotatable bonds is 5. The van der Waals surface area contributed by atoms with E-state index in [0.717, 1.165) is 11.1 Å². The minimum atomic E-state index is -3.70. The zero-order chi connectivity index (χ0) is 17.3. The summed E-state index contributed by atoms with van der Waals surface area (Å²) in [7, 11) is 1.62. The maximum atomic E-state index is 12.7. The fourth-order valence-corrected chi connectivity index (χ4v) is 3.92. The van der Waals surface area contributed by atoms with Crippen molar-refractivity contribution in [2.24, 2.45) is 14.1 Å². The molecule has 0 bridgehead atoms. The number of aryl methyl sites for hydroxylation is 2. The molecule has 3 rings (SSSR count). The van der Waals surface area contributed by atoms with Gasteiger partial charge >= 0.3 is 10.0 Å². The molecule has 0 aliphatic carbocycles. The van der Waals surface area contributed by atoms with Gasteiger partial charge in [0.15, 0.2) is 6.20 Å². The van der Waals surface area contributed by atoms with E-state index in [9.17, 15) is 8.42 Å². The van der Waals surface area contributed by atoms with Crippen molar-refractivity contribution in [3.63, 3.8) is 0 Å². The molecule has 0 saturated heterocycles. The van der Waals surface area contributed by atoms with Crippen LogP contribution in [0.15, 0.2) is 47.9 Å². The average Bonchev–Trinajstić information content (AvgIpc) is 2.87. The van der Waals surface area contributed by atoms with E-state index in [-0.39, 0.29) is 5.03 Å². The number of aromatic nitrogens is 3. The highest BCUT2D eigenvalue weighted by atomic mass is 32.2. The van der Waals surface area contributed by atoms with Crippen molar-refractivity contribution in [1.82, 2.24) is 14.9 Å². The molecule has 0 aliphatic rings. The lowest BCUT2D eigenvalue weighted by Gasteiger charge is -2.10. The molecule has 2 aromatic heterocycles. The molecule has 0 radical (unpaired) electrons. The molecule has 0 amide bonds. The van der Waals surface area contributed by atoms with E-state index in [1.165, 1.54) is 0 Å². The highest BCUT2D eigenvalue weighted by molar-refractivity contribution is 7.92. The molecule has 2 N–H and O–H groups in total. The Labute approximate surface area is 141 Å². The molecule has 3 aromatic rings. The number of sulfonamides is 1. The second-order valence-corrected chi connectivity index (χ2v) is 7.30. The van der Waals surface area contributed by atoms with Crippen molar-refractivity contribution in [1.29, 1.82) is 0 Å². The first-order valence-electron chi connectivity index (χ1n) is 7.48. The van der Waals surface area contributed by atoms with Crippen LogP contribution in [0.25, 0.3) is 10.9 Å². The minimum absolute atomic E-state index is 0.188. The Hall–Kier alpha value is -2.45. The van der Waals surface area contributed by atoms with Gasteiger partial charge < -0.3 is 5.32 Å². The molecule has 2 heterocycles. The van der Waals surface area contributed by atoms with E-state index < -0.39 is 10.0 Å². The standard InChI is InChI=1S/C16H20N5O2S/c1-17-9-13-8-7-12-5-4-6-14(16(12)18-13)19-24(22,23)15-10-20(2)11-21(15)3/h4-8,10-11,17,19H,9H2,1-3H3/q+1. The normalized spacial score (nSPS) is 11.8. The van der Waals surface area contributed by atoms with Crippen LogP contribution in [-0.2, 0) is 30.7 Å². The van der Waals surface area contributed by atoms with Gasteiger partial charge in [0.1, 0.15) is 0 Å². The number of hydrogen-bond donors (Lipinski definition) is 2. The fraction of sp³-hybridized carbons (Fsp3) is 0.250. The van der Waals surface area contributed by atoms with Crippen LogP contribution in [0.2, 0.25) is 0 Å². The molecule has 7 nitrogen and oxygen atoms in total. The molecule has 0 unspecified atom stereocenters. The third kappa shape index (κ3) is 3.10. The quantitative estimate of drug-likeness (QED) is 0.673. The van der Waals surface area contributed by atoms with Gasteiger partial charge in [0.25, 0.3) is 5.03 Å². The van der Waals surface area contributed by atoms with Crippen LogP contribution in [0.1, 0.15) is 5.69 Å². The van der Waals surface area contributed by atoms with Gasteiger partial charge in [-0.05, 0) is 19.2 Å². The molecule has 0 fully saturated rings. The van der Waals surface area contributed by atoms with E-state index in [1.54, 1.807) is 41.8 Å². The number of benzene rings is 1. The Morgan fingerprint density at radius 2 is 2.04 bits per heavy atom. The summed E-state index contributed by atoms with van der Waals surface area (Å²) in [6, 6.07) is 9.30. The summed E-state index contributed by atoms with van der Waals surface area (Å²) in [6.07, 6.45) is 3.26. The smallest absolute Gasteiger partial charge is 0.303 e. The third-order valence-electron chi connectivity index (χ3n) is 3.67. The van der Waals surface area contributed by atoms with Crippen molar-refractivity contribution < 1.29 is 13.0 Å². The van der Waals surface area contributed by atoms with Gasteiger partial charge in [0, 0.05) is 11.9 Å². The third-order valence-corrected chi connectivity index (χ3v) is 5.11. The van der Waals surface area contributed by atoms with Gasteiger partial charge in [-0.1, -0.05) is 18.2 Å². The molecular formula is C16H20N5O2S+. The summed E-state index contributed by atoms with van der Waals surface area (Å²) < 4.78 is 31.3. The van der Waals surface area contributed by atoms with Gasteiger partial charge in [-0.3, -0.25) is 4.72 Å². The van der Waals surface area contributed by atoms with E-state index in [0.29, 0.717) is 17.7 Å². The van der Waals surface area contributed by atoms with Crippen molar-refractivity contribution in [3.05, 3.63) is 48.5 Å². The van der Waals surface area contributed by atoms with E-state index in [1.807, 2.05) is 31.3 Å². The first kappa shape index (κ1) is 16.4. The molecule has 8 heteroatoms. The van der Waals surface area contributed by atoms with Gasteiger partial charge in [0.2, 0.25) is 6.33 Å². The molecular weight excluding hydrogens is 326 g/mol. The summed E-state index contributed by atoms with van der Waals surface area (Å²) in [6.45, 7) is 0.616. The Kier molecular flexibility index (Phi) is 4.25. The number of pyridine rings is 1. The van der Waals surface area contributed by atoms with Gasteiger partial charge in [0.05, 0.1) is 31.0 Å². The number of nitrogens with one attached hydrogen (secondary N) is 2. The lowest BCUT2D eigenvalue weighted by atomic mass is 10.2. The highest BCUT2D eigenvalue weighted by Gasteiger charge is 2.25. The van der Waals surface area contributed by atoms with E-state index >= 15 is 0 Å². The molecule has 0 aliphatic heterocycles. The Balaban J connectivity index is 2.06. The Morgan fingerprint density at radius 1 is 1.25 bits per heavy atom. The van der Waals surface area contributed by atoms with Crippen molar-refractivity contribution in [2.45, 2.75) is 11.6 Å². The minimum Gasteiger partial charge on any atom is -0.314 e. The maximum absolute atomic E-state index is 12.7. The largest absolute Gasteiger partial charge is 0.314 e. The Bertz CT molecular complexity index is 995. The summed E-state index contributed by atoms with van der Waals surface area (Å²) in [5.41, 5.74) is 1.95. The van der Waals surface area contributed by atoms with Crippen molar-refractivity contribution in [2.75, 3.05) is 11.8 Å². The zero-order valence-electron chi connectivity index (χ0n) is 13.8. The van der Waals surface area contributed by atoms with Gasteiger partial charge in [-0.25, -0.2) is 14.1 Å². The highest BCUT2D eigenvalue weighted by Crippen LogP contribution is 2.24. The van der Waals surface area contributed by atoms with Crippen LogP contribution >= 0.6 is 0 Å². The summed E-state index contributed by atoms with van der Waals surface area (Å²) in [4.78, 5) is 4.57. The second-order valence-electron chi connectivity index (χ2n) is 5.67. The van der Waals surface area contributed by atoms with Crippen LogP contribution < -0.4 is 14.6 Å². The number of anilines is 1. The molecule has 0 atom stereocenters. The lowest BCUT2D eigenvalue weighted by Crippen LogP contribution is -2.24. The van der Waals surface area contributed by atoms with Crippen molar-refractivity contribution >= 4 is 26.6 Å². The predicted molar refractivity (Wildman–Crippen MR) is 91.9 cm³/mol. The topological polar surface area (TPSA) is 79.9 Å².